The maximum atomic E-state index is 11.7. The van der Waals surface area contributed by atoms with Gasteiger partial charge in [0.15, 0.2) is 0 Å². The molecule has 0 bridgehead atoms. The molecule has 0 aliphatic carbocycles. The molecule has 0 fully saturated rings. The molecule has 3 rings (SSSR count). The van der Waals surface area contributed by atoms with Crippen LogP contribution in [0.5, 0.6) is 0 Å². The van der Waals surface area contributed by atoms with Crippen LogP contribution in [0.15, 0.2) is 63.8 Å². The van der Waals surface area contributed by atoms with E-state index in [4.69, 9.17) is 0 Å². The van der Waals surface area contributed by atoms with Gasteiger partial charge in [0, 0.05) is 25.2 Å². The highest BCUT2D eigenvalue weighted by atomic mass is 32.3. The third-order valence-electron chi connectivity index (χ3n) is 3.69. The van der Waals surface area contributed by atoms with Gasteiger partial charge in [-0.15, -0.1) is 0 Å². The zero-order valence-electron chi connectivity index (χ0n) is 12.9. The molecule has 0 amide bonds. The molecule has 1 unspecified atom stereocenters. The Kier molecular flexibility index (Phi) is 3.92. The first-order chi connectivity index (χ1) is 11.0. The Morgan fingerprint density at radius 1 is 1.13 bits per heavy atom. The number of fused-ring (bicyclic) bond motifs is 1. The molecule has 0 radical (unpaired) electrons. The second-order valence-corrected chi connectivity index (χ2v) is 7.96. The van der Waals surface area contributed by atoms with Crippen LogP contribution in [0.25, 0.3) is 6.08 Å². The third-order valence-corrected chi connectivity index (χ3v) is 6.22. The molecule has 0 spiro atoms. The number of nitrogens with zero attached hydrogens (tertiary/aromatic N) is 3. The van der Waals surface area contributed by atoms with Crippen molar-refractivity contribution in [2.45, 2.75) is 4.90 Å². The average molecular weight is 327 g/mol. The van der Waals surface area contributed by atoms with Gasteiger partial charge in [-0.3, -0.25) is 10.1 Å². The van der Waals surface area contributed by atoms with Crippen molar-refractivity contribution < 1.29 is 4.33 Å². The van der Waals surface area contributed by atoms with E-state index in [0.29, 0.717) is 10.6 Å². The lowest BCUT2D eigenvalue weighted by molar-refractivity contribution is -0.291. The molecule has 0 N–H and O–H groups in total. The third kappa shape index (κ3) is 2.73. The minimum Gasteiger partial charge on any atom is -0.378 e. The van der Waals surface area contributed by atoms with E-state index in [2.05, 4.69) is 4.99 Å². The van der Waals surface area contributed by atoms with Crippen LogP contribution in [0.3, 0.4) is 0 Å². The Balaban J connectivity index is 1.96. The zero-order chi connectivity index (χ0) is 16.4. The topological polar surface area (TPSA) is 58.7 Å². The first-order valence-corrected chi connectivity index (χ1v) is 8.81. The van der Waals surface area contributed by atoms with Crippen LogP contribution in [-0.4, -0.2) is 24.0 Å². The molecule has 1 heterocycles. The number of nitro groups is 1. The number of rotatable bonds is 4. The van der Waals surface area contributed by atoms with Gasteiger partial charge in [-0.05, 0) is 35.9 Å². The summed E-state index contributed by atoms with van der Waals surface area (Å²) in [6.45, 7) is 0. The Morgan fingerprint density at radius 2 is 1.83 bits per heavy atom. The first kappa shape index (κ1) is 15.3. The van der Waals surface area contributed by atoms with Gasteiger partial charge < -0.3 is 4.90 Å². The summed E-state index contributed by atoms with van der Waals surface area (Å²) in [5, 5.41) is 13.4. The molecule has 118 valence electrons. The lowest BCUT2D eigenvalue weighted by atomic mass is 10.2. The first-order valence-electron chi connectivity index (χ1n) is 7.09. The summed E-state index contributed by atoms with van der Waals surface area (Å²) in [7, 11) is 1.53. The fourth-order valence-corrected chi connectivity index (χ4v) is 4.44. The van der Waals surface area contributed by atoms with Crippen LogP contribution in [-0.2, 0) is 0 Å². The maximum Gasteiger partial charge on any atom is 0.113 e. The van der Waals surface area contributed by atoms with Crippen molar-refractivity contribution in [2.24, 2.45) is 4.99 Å². The van der Waals surface area contributed by atoms with Crippen molar-refractivity contribution in [1.82, 2.24) is 0 Å². The number of para-hydroxylation sites is 1. The number of hydrogen-bond donors (Lipinski definition) is 0. The minimum atomic E-state index is -2.42. The van der Waals surface area contributed by atoms with E-state index in [9.17, 15) is 10.1 Å². The molecule has 1 aliphatic rings. The number of hydrogen-bond acceptors (Lipinski definition) is 4. The van der Waals surface area contributed by atoms with Crippen molar-refractivity contribution in [3.63, 3.8) is 0 Å². The summed E-state index contributed by atoms with van der Waals surface area (Å²) in [5.41, 5.74) is 4.20. The molecule has 23 heavy (non-hydrogen) atoms. The highest BCUT2D eigenvalue weighted by Gasteiger charge is 2.40. The number of benzene rings is 2. The second kappa shape index (κ2) is 5.89. The van der Waals surface area contributed by atoms with Gasteiger partial charge in [-0.1, -0.05) is 24.3 Å². The van der Waals surface area contributed by atoms with Crippen LogP contribution in [0, 0.1) is 10.1 Å². The van der Waals surface area contributed by atoms with E-state index < -0.39 is 10.2 Å². The SMILES string of the molecule is CN(C)c1ccc(/C=C/S2([N+](=O)[O-])C=Nc3ccccc32)cc1. The standard InChI is InChI=1S/C17H17N3O2S/c1-19(2)15-9-7-14(8-10-15)11-12-23(20(21)22)13-18-16-5-3-4-6-17(16)23/h3-13H,1-2H3/b12-11+. The van der Waals surface area contributed by atoms with Gasteiger partial charge in [-0.25, -0.2) is 4.99 Å². The van der Waals surface area contributed by atoms with Gasteiger partial charge in [0.2, 0.25) is 0 Å². The molecular weight excluding hydrogens is 310 g/mol. The smallest absolute Gasteiger partial charge is 0.113 e. The molecule has 6 heteroatoms. The molecule has 2 aromatic carbocycles. The summed E-state index contributed by atoms with van der Waals surface area (Å²) in [6, 6.07) is 15.2. The molecule has 0 aromatic heterocycles. The Labute approximate surface area is 136 Å². The van der Waals surface area contributed by atoms with Crippen molar-refractivity contribution in [2.75, 3.05) is 19.0 Å². The predicted octanol–water partition coefficient (Wildman–Crippen LogP) is 4.45. The van der Waals surface area contributed by atoms with Crippen molar-refractivity contribution in [3.8, 4) is 0 Å². The van der Waals surface area contributed by atoms with Gasteiger partial charge in [-0.2, -0.15) is 0 Å². The van der Waals surface area contributed by atoms with E-state index in [0.717, 1.165) is 11.3 Å². The fourth-order valence-electron chi connectivity index (χ4n) is 2.38. The highest BCUT2D eigenvalue weighted by Crippen LogP contribution is 2.62. The van der Waals surface area contributed by atoms with Crippen molar-refractivity contribution in [3.05, 3.63) is 69.6 Å². The summed E-state index contributed by atoms with van der Waals surface area (Å²) in [6.07, 6.45) is 1.81. The molecular formula is C17H17N3O2S. The van der Waals surface area contributed by atoms with Gasteiger partial charge >= 0.3 is 0 Å². The van der Waals surface area contributed by atoms with E-state index in [1.807, 2.05) is 67.5 Å². The van der Waals surface area contributed by atoms with Crippen LogP contribution in [0.4, 0.5) is 11.4 Å². The monoisotopic (exact) mass is 327 g/mol. The van der Waals surface area contributed by atoms with Crippen molar-refractivity contribution >= 4 is 33.2 Å². The summed E-state index contributed by atoms with van der Waals surface area (Å²) < 4.78 is -0.215. The summed E-state index contributed by atoms with van der Waals surface area (Å²) in [5.74, 6) is 0. The molecule has 1 aliphatic heterocycles. The molecule has 2 aromatic rings. The zero-order valence-corrected chi connectivity index (χ0v) is 13.7. The summed E-state index contributed by atoms with van der Waals surface area (Å²) in [4.78, 5) is 18.7. The average Bonchev–Trinajstić information content (AvgIpc) is 2.93. The van der Waals surface area contributed by atoms with Crippen LogP contribution in [0.2, 0.25) is 0 Å². The molecule has 1 atom stereocenters. The van der Waals surface area contributed by atoms with E-state index in [1.165, 1.54) is 5.55 Å². The quantitative estimate of drug-likeness (QED) is 0.615. The van der Waals surface area contributed by atoms with Crippen molar-refractivity contribution in [1.29, 1.82) is 0 Å². The van der Waals surface area contributed by atoms with E-state index in [-0.39, 0.29) is 4.33 Å². The van der Waals surface area contributed by atoms with Gasteiger partial charge in [0.1, 0.15) is 15.8 Å². The van der Waals surface area contributed by atoms with Crippen LogP contribution < -0.4 is 4.90 Å². The van der Waals surface area contributed by atoms with Crippen LogP contribution in [0.1, 0.15) is 5.56 Å². The second-order valence-electron chi connectivity index (χ2n) is 5.39. The molecule has 0 saturated heterocycles. The lowest BCUT2D eigenvalue weighted by Gasteiger charge is -2.19. The molecule has 0 saturated carbocycles. The van der Waals surface area contributed by atoms with E-state index >= 15 is 0 Å². The number of aliphatic imine (C=N–C) groups is 1. The number of anilines is 1. The predicted molar refractivity (Wildman–Crippen MR) is 97.2 cm³/mol. The highest BCUT2D eigenvalue weighted by molar-refractivity contribution is 8.42. The largest absolute Gasteiger partial charge is 0.378 e. The Morgan fingerprint density at radius 3 is 2.48 bits per heavy atom. The maximum absolute atomic E-state index is 11.7. The van der Waals surface area contributed by atoms with Gasteiger partial charge in [0.05, 0.1) is 14.9 Å². The lowest BCUT2D eigenvalue weighted by Crippen LogP contribution is -2.08. The minimum absolute atomic E-state index is 0.215. The fraction of sp³-hybridized carbons (Fsp3) is 0.118. The Bertz CT molecular complexity index is 800. The van der Waals surface area contributed by atoms with Crippen LogP contribution >= 0.6 is 10.2 Å². The normalized spacial score (nSPS) is 21.8. The molecule has 5 nitrogen and oxygen atoms in total. The summed E-state index contributed by atoms with van der Waals surface area (Å²) >= 11 is 0. The van der Waals surface area contributed by atoms with E-state index in [1.54, 1.807) is 11.5 Å². The Hall–Kier alpha value is -2.60. The van der Waals surface area contributed by atoms with Gasteiger partial charge in [0.25, 0.3) is 0 Å².